The number of nitrogens with zero attached hydrogens (tertiary/aromatic N) is 1. The van der Waals surface area contributed by atoms with E-state index < -0.39 is 23.8 Å². The molecule has 0 fully saturated rings. The summed E-state index contributed by atoms with van der Waals surface area (Å²) in [5.41, 5.74) is 1.67. The number of carbonyl (C=O) groups is 4. The van der Waals surface area contributed by atoms with Crippen molar-refractivity contribution in [3.8, 4) is 0 Å². The first kappa shape index (κ1) is 19.3. The lowest BCUT2D eigenvalue weighted by atomic mass is 10.1. The molecule has 1 aliphatic heterocycles. The summed E-state index contributed by atoms with van der Waals surface area (Å²) in [7, 11) is 0. The highest BCUT2D eigenvalue weighted by atomic mass is 16.2. The zero-order valence-electron chi connectivity index (χ0n) is 15.5. The Hall–Kier alpha value is -3.48. The summed E-state index contributed by atoms with van der Waals surface area (Å²) < 4.78 is 0. The van der Waals surface area contributed by atoms with Gasteiger partial charge in [-0.1, -0.05) is 42.5 Å². The smallest absolute Gasteiger partial charge is 0.262 e. The molecule has 2 aromatic carbocycles. The van der Waals surface area contributed by atoms with Gasteiger partial charge in [-0.25, -0.2) is 0 Å². The van der Waals surface area contributed by atoms with E-state index in [9.17, 15) is 19.2 Å². The maximum atomic E-state index is 12.4. The van der Waals surface area contributed by atoms with Crippen LogP contribution < -0.4 is 10.6 Å². The number of imide groups is 1. The van der Waals surface area contributed by atoms with Crippen molar-refractivity contribution < 1.29 is 19.2 Å². The van der Waals surface area contributed by atoms with Crippen LogP contribution >= 0.6 is 0 Å². The van der Waals surface area contributed by atoms with E-state index in [-0.39, 0.29) is 23.6 Å². The lowest BCUT2D eigenvalue weighted by Crippen LogP contribution is -2.49. The Morgan fingerprint density at radius 1 is 0.893 bits per heavy atom. The molecule has 2 aromatic rings. The van der Waals surface area contributed by atoms with Crippen LogP contribution in [-0.4, -0.2) is 47.7 Å². The van der Waals surface area contributed by atoms with Crippen LogP contribution in [0.3, 0.4) is 0 Å². The summed E-state index contributed by atoms with van der Waals surface area (Å²) in [5.74, 6) is -1.90. The fraction of sp³-hybridized carbons (Fsp3) is 0.238. The molecule has 3 rings (SSSR count). The van der Waals surface area contributed by atoms with Crippen LogP contribution in [0.15, 0.2) is 54.6 Å². The Morgan fingerprint density at radius 3 is 2.07 bits per heavy atom. The van der Waals surface area contributed by atoms with Crippen molar-refractivity contribution in [2.45, 2.75) is 19.4 Å². The SMILES string of the molecule is CC(C(=O)NCC(=O)NCCc1ccccc1)N1C(=O)c2ccccc2C1=O. The van der Waals surface area contributed by atoms with Gasteiger partial charge in [0.1, 0.15) is 6.04 Å². The highest BCUT2D eigenvalue weighted by molar-refractivity contribution is 6.22. The molecule has 0 spiro atoms. The van der Waals surface area contributed by atoms with E-state index in [1.54, 1.807) is 24.3 Å². The Balaban J connectivity index is 1.48. The van der Waals surface area contributed by atoms with E-state index in [1.165, 1.54) is 6.92 Å². The molecule has 7 nitrogen and oxygen atoms in total. The van der Waals surface area contributed by atoms with Gasteiger partial charge in [0, 0.05) is 6.54 Å². The molecule has 144 valence electrons. The summed E-state index contributed by atoms with van der Waals surface area (Å²) >= 11 is 0. The van der Waals surface area contributed by atoms with Crippen molar-refractivity contribution in [1.82, 2.24) is 15.5 Å². The van der Waals surface area contributed by atoms with Crippen LogP contribution in [0.1, 0.15) is 33.2 Å². The van der Waals surface area contributed by atoms with E-state index in [0.29, 0.717) is 13.0 Å². The molecule has 1 atom stereocenters. The Kier molecular flexibility index (Phi) is 5.84. The monoisotopic (exact) mass is 379 g/mol. The van der Waals surface area contributed by atoms with Crippen LogP contribution in [-0.2, 0) is 16.0 Å². The Labute approximate surface area is 162 Å². The molecular weight excluding hydrogens is 358 g/mol. The molecule has 0 saturated carbocycles. The molecule has 7 heteroatoms. The second kappa shape index (κ2) is 8.47. The number of hydrogen-bond acceptors (Lipinski definition) is 4. The average Bonchev–Trinajstić information content (AvgIpc) is 2.97. The van der Waals surface area contributed by atoms with Gasteiger partial charge in [0.05, 0.1) is 17.7 Å². The lowest BCUT2D eigenvalue weighted by molar-refractivity contribution is -0.128. The van der Waals surface area contributed by atoms with Crippen LogP contribution in [0, 0.1) is 0 Å². The van der Waals surface area contributed by atoms with Crippen LogP contribution in [0.25, 0.3) is 0 Å². The average molecular weight is 379 g/mol. The summed E-state index contributed by atoms with van der Waals surface area (Å²) in [6.07, 6.45) is 0.686. The van der Waals surface area contributed by atoms with Crippen LogP contribution in [0.5, 0.6) is 0 Å². The van der Waals surface area contributed by atoms with Gasteiger partial charge in [-0.2, -0.15) is 0 Å². The summed E-state index contributed by atoms with van der Waals surface area (Å²) in [6, 6.07) is 15.2. The second-order valence-electron chi connectivity index (χ2n) is 6.51. The normalized spacial score (nSPS) is 13.8. The zero-order chi connectivity index (χ0) is 20.1. The van der Waals surface area contributed by atoms with Crippen molar-refractivity contribution in [3.63, 3.8) is 0 Å². The van der Waals surface area contributed by atoms with Crippen molar-refractivity contribution in [2.75, 3.05) is 13.1 Å². The van der Waals surface area contributed by atoms with E-state index in [4.69, 9.17) is 0 Å². The third-order valence-corrected chi connectivity index (χ3v) is 4.59. The third kappa shape index (κ3) is 4.09. The lowest BCUT2D eigenvalue weighted by Gasteiger charge is -2.21. The molecule has 0 bridgehead atoms. The molecule has 2 N–H and O–H groups in total. The first-order valence-corrected chi connectivity index (χ1v) is 9.04. The topological polar surface area (TPSA) is 95.6 Å². The van der Waals surface area contributed by atoms with E-state index in [1.807, 2.05) is 30.3 Å². The van der Waals surface area contributed by atoms with Gasteiger partial charge in [-0.05, 0) is 31.0 Å². The van der Waals surface area contributed by atoms with Gasteiger partial charge in [0.2, 0.25) is 11.8 Å². The third-order valence-electron chi connectivity index (χ3n) is 4.59. The largest absolute Gasteiger partial charge is 0.354 e. The molecule has 0 saturated heterocycles. The highest BCUT2D eigenvalue weighted by Gasteiger charge is 2.40. The quantitative estimate of drug-likeness (QED) is 0.706. The maximum absolute atomic E-state index is 12.4. The van der Waals surface area contributed by atoms with Crippen molar-refractivity contribution in [3.05, 3.63) is 71.3 Å². The first-order valence-electron chi connectivity index (χ1n) is 9.04. The van der Waals surface area contributed by atoms with Gasteiger partial charge in [0.25, 0.3) is 11.8 Å². The Morgan fingerprint density at radius 2 is 1.46 bits per heavy atom. The first-order chi connectivity index (χ1) is 13.5. The molecule has 4 amide bonds. The highest BCUT2D eigenvalue weighted by Crippen LogP contribution is 2.24. The molecule has 0 radical (unpaired) electrons. The van der Waals surface area contributed by atoms with Crippen molar-refractivity contribution >= 4 is 23.6 Å². The number of fused-ring (bicyclic) bond motifs is 1. The minimum atomic E-state index is -1.01. The number of carbonyl (C=O) groups excluding carboxylic acids is 4. The van der Waals surface area contributed by atoms with E-state index >= 15 is 0 Å². The second-order valence-corrected chi connectivity index (χ2v) is 6.51. The molecule has 1 aliphatic rings. The minimum absolute atomic E-state index is 0.221. The van der Waals surface area contributed by atoms with Crippen LogP contribution in [0.4, 0.5) is 0 Å². The number of amides is 4. The van der Waals surface area contributed by atoms with Gasteiger partial charge in [-0.3, -0.25) is 24.1 Å². The summed E-state index contributed by atoms with van der Waals surface area (Å²) in [6.45, 7) is 1.69. The number of nitrogens with one attached hydrogen (secondary N) is 2. The molecule has 1 heterocycles. The standard InChI is InChI=1S/C21H21N3O4/c1-14(24-20(27)16-9-5-6-10-17(16)21(24)28)19(26)23-13-18(25)22-12-11-15-7-3-2-4-8-15/h2-10,14H,11-13H2,1H3,(H,22,25)(H,23,26). The number of hydrogen-bond donors (Lipinski definition) is 2. The zero-order valence-corrected chi connectivity index (χ0v) is 15.5. The molecular formula is C21H21N3O4. The van der Waals surface area contributed by atoms with E-state index in [0.717, 1.165) is 10.5 Å². The minimum Gasteiger partial charge on any atom is -0.354 e. The van der Waals surface area contributed by atoms with Crippen LogP contribution in [0.2, 0.25) is 0 Å². The maximum Gasteiger partial charge on any atom is 0.262 e. The van der Waals surface area contributed by atoms with Crippen molar-refractivity contribution in [1.29, 1.82) is 0 Å². The molecule has 1 unspecified atom stereocenters. The predicted molar refractivity (Wildman–Crippen MR) is 103 cm³/mol. The van der Waals surface area contributed by atoms with Gasteiger partial charge >= 0.3 is 0 Å². The van der Waals surface area contributed by atoms with Gasteiger partial charge in [0.15, 0.2) is 0 Å². The molecule has 28 heavy (non-hydrogen) atoms. The van der Waals surface area contributed by atoms with E-state index in [2.05, 4.69) is 10.6 Å². The summed E-state index contributed by atoms with van der Waals surface area (Å²) in [5, 5.41) is 5.20. The van der Waals surface area contributed by atoms with Crippen molar-refractivity contribution in [2.24, 2.45) is 0 Å². The predicted octanol–water partition coefficient (Wildman–Crippen LogP) is 1.15. The van der Waals surface area contributed by atoms with Gasteiger partial charge in [-0.15, -0.1) is 0 Å². The molecule has 0 aliphatic carbocycles. The Bertz CT molecular complexity index is 876. The van der Waals surface area contributed by atoms with Gasteiger partial charge < -0.3 is 10.6 Å². The molecule has 0 aromatic heterocycles. The fourth-order valence-corrected chi connectivity index (χ4v) is 3.05. The fourth-order valence-electron chi connectivity index (χ4n) is 3.05. The number of benzene rings is 2. The summed E-state index contributed by atoms with van der Waals surface area (Å²) in [4.78, 5) is 50.0. The number of rotatable bonds is 7.